The van der Waals surface area contributed by atoms with Crippen molar-refractivity contribution in [2.75, 3.05) is 5.32 Å². The molecule has 1 amide bonds. The van der Waals surface area contributed by atoms with Crippen LogP contribution in [-0.2, 0) is 4.79 Å². The summed E-state index contributed by atoms with van der Waals surface area (Å²) in [6.45, 7) is 4.14. The number of halogens is 2. The molecule has 0 radical (unpaired) electrons. The molecule has 1 aromatic rings. The zero-order valence-electron chi connectivity index (χ0n) is 9.39. The number of hydrogen-bond donors (Lipinski definition) is 1. The monoisotopic (exact) mass is 303 g/mol. The van der Waals surface area contributed by atoms with E-state index in [-0.39, 0.29) is 5.91 Å². The Morgan fingerprint density at radius 2 is 2.25 bits per heavy atom. The van der Waals surface area contributed by atoms with Gasteiger partial charge in [0.05, 0.1) is 15.2 Å². The molecule has 0 aliphatic rings. The lowest BCUT2D eigenvalue weighted by atomic mass is 10.1. The number of rotatable bonds is 4. The molecule has 1 aromatic carbocycles. The lowest BCUT2D eigenvalue weighted by Crippen LogP contribution is -2.15. The van der Waals surface area contributed by atoms with E-state index in [2.05, 4.69) is 35.1 Å². The van der Waals surface area contributed by atoms with Gasteiger partial charge in [-0.3, -0.25) is 4.79 Å². The van der Waals surface area contributed by atoms with Crippen molar-refractivity contribution in [3.63, 3.8) is 0 Å². The topological polar surface area (TPSA) is 29.1 Å². The molecule has 0 heterocycles. The second kappa shape index (κ2) is 6.26. The number of carbonyl (C=O) groups is 1. The Bertz CT molecular complexity index is 381. The molecule has 0 aromatic heterocycles. The smallest absolute Gasteiger partial charge is 0.224 e. The zero-order chi connectivity index (χ0) is 12.1. The van der Waals surface area contributed by atoms with Gasteiger partial charge in [-0.2, -0.15) is 0 Å². The Morgan fingerprint density at radius 3 is 2.88 bits per heavy atom. The predicted octanol–water partition coefficient (Wildman–Crippen LogP) is 4.48. The van der Waals surface area contributed by atoms with Crippen LogP contribution < -0.4 is 5.32 Å². The molecule has 0 spiro atoms. The summed E-state index contributed by atoms with van der Waals surface area (Å²) in [5.41, 5.74) is 0.723. The molecule has 88 valence electrons. The number of anilines is 1. The summed E-state index contributed by atoms with van der Waals surface area (Å²) in [5.74, 6) is 0.426. The third-order valence-electron chi connectivity index (χ3n) is 2.46. The van der Waals surface area contributed by atoms with Crippen molar-refractivity contribution in [3.8, 4) is 0 Å². The van der Waals surface area contributed by atoms with Crippen LogP contribution in [0.2, 0.25) is 5.02 Å². The van der Waals surface area contributed by atoms with E-state index in [1.54, 1.807) is 6.07 Å². The van der Waals surface area contributed by atoms with Crippen LogP contribution in [0, 0.1) is 5.92 Å². The summed E-state index contributed by atoms with van der Waals surface area (Å²) in [5, 5.41) is 3.44. The van der Waals surface area contributed by atoms with Crippen molar-refractivity contribution in [1.82, 2.24) is 0 Å². The highest BCUT2D eigenvalue weighted by Crippen LogP contribution is 2.30. The van der Waals surface area contributed by atoms with Crippen molar-refractivity contribution in [1.29, 1.82) is 0 Å². The second-order valence-electron chi connectivity index (χ2n) is 3.87. The third-order valence-corrected chi connectivity index (χ3v) is 3.85. The van der Waals surface area contributed by atoms with Crippen LogP contribution >= 0.6 is 27.5 Å². The third kappa shape index (κ3) is 3.80. The molecular weight excluding hydrogens is 289 g/mol. The Labute approximate surface area is 110 Å². The first kappa shape index (κ1) is 13.5. The summed E-state index contributed by atoms with van der Waals surface area (Å²) in [7, 11) is 0. The van der Waals surface area contributed by atoms with E-state index in [0.29, 0.717) is 17.4 Å². The molecule has 0 aliphatic carbocycles. The molecule has 0 bridgehead atoms. The predicted molar refractivity (Wildman–Crippen MR) is 71.9 cm³/mol. The fourth-order valence-electron chi connectivity index (χ4n) is 1.26. The average molecular weight is 305 g/mol. The quantitative estimate of drug-likeness (QED) is 0.873. The molecule has 0 aliphatic heterocycles. The summed E-state index contributed by atoms with van der Waals surface area (Å²) in [4.78, 5) is 11.7. The number of carbonyl (C=O) groups excluding carboxylic acids is 1. The first-order chi connectivity index (χ1) is 7.54. The first-order valence-electron chi connectivity index (χ1n) is 5.28. The maximum Gasteiger partial charge on any atom is 0.224 e. The Hall–Kier alpha value is -0.540. The number of nitrogens with one attached hydrogen (secondary N) is 1. The highest BCUT2D eigenvalue weighted by atomic mass is 79.9. The van der Waals surface area contributed by atoms with E-state index in [1.165, 1.54) is 0 Å². The zero-order valence-corrected chi connectivity index (χ0v) is 11.7. The van der Waals surface area contributed by atoms with Crippen molar-refractivity contribution < 1.29 is 4.79 Å². The van der Waals surface area contributed by atoms with Gasteiger partial charge in [0.1, 0.15) is 0 Å². The summed E-state index contributed by atoms with van der Waals surface area (Å²) in [6, 6.07) is 5.41. The van der Waals surface area contributed by atoms with Crippen molar-refractivity contribution >= 4 is 39.1 Å². The van der Waals surface area contributed by atoms with Crippen molar-refractivity contribution in [2.45, 2.75) is 26.7 Å². The Balaban J connectivity index is 2.66. The highest BCUT2D eigenvalue weighted by Gasteiger charge is 2.10. The molecule has 0 saturated carbocycles. The molecule has 1 N–H and O–H groups in total. The van der Waals surface area contributed by atoms with Crippen molar-refractivity contribution in [2.24, 2.45) is 5.92 Å². The van der Waals surface area contributed by atoms with Gasteiger partial charge in [-0.15, -0.1) is 0 Å². The van der Waals surface area contributed by atoms with Crippen LogP contribution in [0.25, 0.3) is 0 Å². The molecule has 16 heavy (non-hydrogen) atoms. The molecular formula is C12H15BrClNO. The summed E-state index contributed by atoms with van der Waals surface area (Å²) in [6.07, 6.45) is 1.54. The minimum Gasteiger partial charge on any atom is -0.325 e. The van der Waals surface area contributed by atoms with E-state index in [0.717, 1.165) is 16.6 Å². The molecule has 4 heteroatoms. The largest absolute Gasteiger partial charge is 0.325 e. The normalized spacial score (nSPS) is 12.2. The van der Waals surface area contributed by atoms with Gasteiger partial charge in [-0.25, -0.2) is 0 Å². The van der Waals surface area contributed by atoms with E-state index >= 15 is 0 Å². The van der Waals surface area contributed by atoms with Crippen LogP contribution in [0.1, 0.15) is 26.7 Å². The van der Waals surface area contributed by atoms with Gasteiger partial charge in [-0.1, -0.05) is 37.9 Å². The molecule has 2 nitrogen and oxygen atoms in total. The van der Waals surface area contributed by atoms with Crippen LogP contribution in [0.5, 0.6) is 0 Å². The van der Waals surface area contributed by atoms with Crippen LogP contribution in [0.15, 0.2) is 22.7 Å². The number of amides is 1. The van der Waals surface area contributed by atoms with E-state index in [4.69, 9.17) is 11.6 Å². The van der Waals surface area contributed by atoms with Gasteiger partial charge < -0.3 is 5.32 Å². The van der Waals surface area contributed by atoms with Gasteiger partial charge in [0.2, 0.25) is 5.91 Å². The molecule has 0 fully saturated rings. The van der Waals surface area contributed by atoms with Gasteiger partial charge in [0, 0.05) is 6.42 Å². The second-order valence-corrected chi connectivity index (χ2v) is 5.07. The van der Waals surface area contributed by atoms with Crippen LogP contribution in [0.4, 0.5) is 5.69 Å². The minimum atomic E-state index is 0.0253. The first-order valence-corrected chi connectivity index (χ1v) is 6.45. The minimum absolute atomic E-state index is 0.0253. The summed E-state index contributed by atoms with van der Waals surface area (Å²) < 4.78 is 0.731. The van der Waals surface area contributed by atoms with Crippen molar-refractivity contribution in [3.05, 3.63) is 27.7 Å². The molecule has 1 rings (SSSR count). The summed E-state index contributed by atoms with van der Waals surface area (Å²) >= 11 is 9.28. The standard InChI is InChI=1S/C12H15BrClNO/c1-3-8(2)7-11(16)15-10-6-4-5-9(14)12(10)13/h4-6,8H,3,7H2,1-2H3,(H,15,16). The van der Waals surface area contributed by atoms with E-state index < -0.39 is 0 Å². The lowest BCUT2D eigenvalue weighted by molar-refractivity contribution is -0.117. The lowest BCUT2D eigenvalue weighted by Gasteiger charge is -2.11. The van der Waals surface area contributed by atoms with Gasteiger partial charge in [0.25, 0.3) is 0 Å². The Kier molecular flexibility index (Phi) is 5.29. The average Bonchev–Trinajstić information content (AvgIpc) is 2.24. The molecule has 1 unspecified atom stereocenters. The number of benzene rings is 1. The van der Waals surface area contributed by atoms with Gasteiger partial charge in [0.15, 0.2) is 0 Å². The van der Waals surface area contributed by atoms with Crippen LogP contribution in [-0.4, -0.2) is 5.91 Å². The maximum atomic E-state index is 11.7. The fourth-order valence-corrected chi connectivity index (χ4v) is 1.80. The SMILES string of the molecule is CCC(C)CC(=O)Nc1cccc(Cl)c1Br. The van der Waals surface area contributed by atoms with Gasteiger partial charge in [-0.05, 0) is 34.0 Å². The molecule has 1 atom stereocenters. The molecule has 0 saturated heterocycles. The maximum absolute atomic E-state index is 11.7. The van der Waals surface area contributed by atoms with E-state index in [9.17, 15) is 4.79 Å². The Morgan fingerprint density at radius 1 is 1.56 bits per heavy atom. The fraction of sp³-hybridized carbons (Fsp3) is 0.417. The van der Waals surface area contributed by atoms with E-state index in [1.807, 2.05) is 12.1 Å². The van der Waals surface area contributed by atoms with Gasteiger partial charge >= 0.3 is 0 Å². The number of hydrogen-bond acceptors (Lipinski definition) is 1. The highest BCUT2D eigenvalue weighted by molar-refractivity contribution is 9.10. The van der Waals surface area contributed by atoms with Crippen LogP contribution in [0.3, 0.4) is 0 Å².